The summed E-state index contributed by atoms with van der Waals surface area (Å²) in [5, 5.41) is 9.37. The van der Waals surface area contributed by atoms with Crippen LogP contribution in [0.1, 0.15) is 28.7 Å². The van der Waals surface area contributed by atoms with Crippen molar-refractivity contribution in [2.45, 2.75) is 19.5 Å². The van der Waals surface area contributed by atoms with E-state index in [2.05, 4.69) is 4.98 Å². The first-order valence-electron chi connectivity index (χ1n) is 7.87. The standard InChI is InChI=1S/C18H16F3N3O2/c1-3-14-16(17(26)23(2)12-5-7-13(25)8-6-12)24-10-11(18(19,20)21)4-9-15(24)22-14/h4-10,25H,3H2,1-2H3. The van der Waals surface area contributed by atoms with E-state index in [0.717, 1.165) is 12.3 Å². The summed E-state index contributed by atoms with van der Waals surface area (Å²) in [4.78, 5) is 18.5. The molecule has 0 bridgehead atoms. The van der Waals surface area contributed by atoms with Crippen molar-refractivity contribution in [2.24, 2.45) is 0 Å². The molecule has 0 saturated carbocycles. The molecule has 0 atom stereocenters. The Hall–Kier alpha value is -3.03. The van der Waals surface area contributed by atoms with Crippen molar-refractivity contribution in [3.05, 3.63) is 59.5 Å². The van der Waals surface area contributed by atoms with Crippen LogP contribution in [0.25, 0.3) is 5.65 Å². The Bertz CT molecular complexity index is 962. The highest BCUT2D eigenvalue weighted by Gasteiger charge is 2.32. The summed E-state index contributed by atoms with van der Waals surface area (Å²) in [6, 6.07) is 8.14. The normalized spacial score (nSPS) is 11.7. The molecule has 136 valence electrons. The molecule has 8 heteroatoms. The fourth-order valence-electron chi connectivity index (χ4n) is 2.69. The van der Waals surface area contributed by atoms with Gasteiger partial charge < -0.3 is 10.0 Å². The zero-order chi connectivity index (χ0) is 19.1. The largest absolute Gasteiger partial charge is 0.508 e. The van der Waals surface area contributed by atoms with Crippen LogP contribution in [0.5, 0.6) is 5.75 Å². The van der Waals surface area contributed by atoms with Crippen molar-refractivity contribution >= 4 is 17.2 Å². The number of rotatable bonds is 3. The molecule has 2 heterocycles. The topological polar surface area (TPSA) is 57.8 Å². The van der Waals surface area contributed by atoms with Crippen LogP contribution in [0.15, 0.2) is 42.6 Å². The van der Waals surface area contributed by atoms with E-state index in [1.165, 1.54) is 34.5 Å². The maximum absolute atomic E-state index is 13.0. The molecule has 5 nitrogen and oxygen atoms in total. The summed E-state index contributed by atoms with van der Waals surface area (Å²) in [6.07, 6.45) is -3.24. The maximum atomic E-state index is 13.0. The molecule has 0 fully saturated rings. The average molecular weight is 363 g/mol. The van der Waals surface area contributed by atoms with Gasteiger partial charge in [0.15, 0.2) is 0 Å². The number of aryl methyl sites for hydroxylation is 1. The molecule has 1 aromatic carbocycles. The molecule has 0 saturated heterocycles. The molecule has 3 rings (SSSR count). The van der Waals surface area contributed by atoms with Crippen molar-refractivity contribution in [2.75, 3.05) is 11.9 Å². The maximum Gasteiger partial charge on any atom is 0.417 e. The second-order valence-electron chi connectivity index (χ2n) is 5.78. The van der Waals surface area contributed by atoms with E-state index in [1.807, 2.05) is 0 Å². The second-order valence-corrected chi connectivity index (χ2v) is 5.78. The molecular weight excluding hydrogens is 347 g/mol. The Morgan fingerprint density at radius 1 is 1.19 bits per heavy atom. The van der Waals surface area contributed by atoms with Crippen LogP contribution in [0, 0.1) is 0 Å². The average Bonchev–Trinajstić information content (AvgIpc) is 2.98. The highest BCUT2D eigenvalue weighted by molar-refractivity contribution is 6.06. The van der Waals surface area contributed by atoms with Crippen LogP contribution in [0.2, 0.25) is 0 Å². The monoisotopic (exact) mass is 363 g/mol. The van der Waals surface area contributed by atoms with Gasteiger partial charge >= 0.3 is 6.18 Å². The van der Waals surface area contributed by atoms with Gasteiger partial charge in [0, 0.05) is 18.9 Å². The Balaban J connectivity index is 2.12. The number of anilines is 1. The number of benzene rings is 1. The van der Waals surface area contributed by atoms with E-state index in [-0.39, 0.29) is 17.1 Å². The van der Waals surface area contributed by atoms with E-state index in [1.54, 1.807) is 19.1 Å². The fraction of sp³-hybridized carbons (Fsp3) is 0.222. The first-order chi connectivity index (χ1) is 12.2. The van der Waals surface area contributed by atoms with Gasteiger partial charge in [-0.15, -0.1) is 0 Å². The van der Waals surface area contributed by atoms with Gasteiger partial charge in [-0.3, -0.25) is 9.20 Å². The van der Waals surface area contributed by atoms with E-state index in [4.69, 9.17) is 0 Å². The van der Waals surface area contributed by atoms with Crippen molar-refractivity contribution < 1.29 is 23.1 Å². The lowest BCUT2D eigenvalue weighted by Crippen LogP contribution is -2.28. The lowest BCUT2D eigenvalue weighted by atomic mass is 10.2. The predicted octanol–water partition coefficient (Wildman–Crippen LogP) is 3.90. The van der Waals surface area contributed by atoms with E-state index < -0.39 is 17.6 Å². The van der Waals surface area contributed by atoms with Gasteiger partial charge in [0.1, 0.15) is 17.1 Å². The van der Waals surface area contributed by atoms with Crippen molar-refractivity contribution in [3.8, 4) is 5.75 Å². The molecule has 0 spiro atoms. The summed E-state index contributed by atoms with van der Waals surface area (Å²) in [7, 11) is 1.52. The zero-order valence-electron chi connectivity index (χ0n) is 14.1. The lowest BCUT2D eigenvalue weighted by molar-refractivity contribution is -0.137. The molecule has 0 radical (unpaired) electrons. The van der Waals surface area contributed by atoms with Crippen LogP contribution >= 0.6 is 0 Å². The van der Waals surface area contributed by atoms with Gasteiger partial charge in [-0.1, -0.05) is 6.92 Å². The number of fused-ring (bicyclic) bond motifs is 1. The number of aromatic nitrogens is 2. The summed E-state index contributed by atoms with van der Waals surface area (Å²) < 4.78 is 40.3. The number of imidazole rings is 1. The number of hydrogen-bond acceptors (Lipinski definition) is 3. The van der Waals surface area contributed by atoms with E-state index >= 15 is 0 Å². The number of phenolic OH excluding ortho intramolecular Hbond substituents is 1. The van der Waals surface area contributed by atoms with Crippen LogP contribution < -0.4 is 4.90 Å². The van der Waals surface area contributed by atoms with Gasteiger partial charge in [-0.05, 0) is 42.8 Å². The number of halogens is 3. The van der Waals surface area contributed by atoms with Gasteiger partial charge in [-0.2, -0.15) is 13.2 Å². The van der Waals surface area contributed by atoms with Crippen LogP contribution in [-0.4, -0.2) is 27.4 Å². The number of phenols is 1. The Morgan fingerprint density at radius 3 is 2.42 bits per heavy atom. The SMILES string of the molecule is CCc1nc2ccc(C(F)(F)F)cn2c1C(=O)N(C)c1ccc(O)cc1. The van der Waals surface area contributed by atoms with E-state index in [9.17, 15) is 23.1 Å². The summed E-state index contributed by atoms with van der Waals surface area (Å²) >= 11 is 0. The molecule has 0 aliphatic rings. The molecule has 0 unspecified atom stereocenters. The Labute approximate surface area is 147 Å². The number of carbonyl (C=O) groups excluding carboxylic acids is 1. The van der Waals surface area contributed by atoms with Crippen molar-refractivity contribution in [1.29, 1.82) is 0 Å². The third-order valence-electron chi connectivity index (χ3n) is 4.10. The van der Waals surface area contributed by atoms with Crippen LogP contribution in [0.3, 0.4) is 0 Å². The van der Waals surface area contributed by atoms with Crippen LogP contribution in [-0.2, 0) is 12.6 Å². The first kappa shape index (κ1) is 17.8. The molecule has 0 aliphatic heterocycles. The number of aromatic hydroxyl groups is 1. The number of alkyl halides is 3. The third-order valence-corrected chi connectivity index (χ3v) is 4.10. The molecule has 0 aliphatic carbocycles. The molecule has 3 aromatic rings. The highest BCUT2D eigenvalue weighted by Crippen LogP contribution is 2.30. The minimum atomic E-state index is -4.52. The minimum absolute atomic E-state index is 0.0495. The summed E-state index contributed by atoms with van der Waals surface area (Å²) in [6.45, 7) is 1.78. The van der Waals surface area contributed by atoms with Gasteiger partial charge in [0.2, 0.25) is 0 Å². The molecule has 1 N–H and O–H groups in total. The molecule has 1 amide bonds. The number of amides is 1. The fourth-order valence-corrected chi connectivity index (χ4v) is 2.69. The Morgan fingerprint density at radius 2 is 1.85 bits per heavy atom. The predicted molar refractivity (Wildman–Crippen MR) is 90.4 cm³/mol. The van der Waals surface area contributed by atoms with E-state index in [0.29, 0.717) is 17.8 Å². The first-order valence-corrected chi connectivity index (χ1v) is 7.87. The smallest absolute Gasteiger partial charge is 0.417 e. The number of nitrogens with zero attached hydrogens (tertiary/aromatic N) is 3. The van der Waals surface area contributed by atoms with Crippen molar-refractivity contribution in [3.63, 3.8) is 0 Å². The van der Waals surface area contributed by atoms with Crippen molar-refractivity contribution in [1.82, 2.24) is 9.38 Å². The minimum Gasteiger partial charge on any atom is -0.508 e. The number of pyridine rings is 1. The summed E-state index contributed by atoms with van der Waals surface area (Å²) in [5.41, 5.74) is 0.421. The molecular formula is C18H16F3N3O2. The van der Waals surface area contributed by atoms with Gasteiger partial charge in [-0.25, -0.2) is 4.98 Å². The third kappa shape index (κ3) is 3.10. The zero-order valence-corrected chi connectivity index (χ0v) is 14.1. The Kier molecular flexibility index (Phi) is 4.35. The second kappa shape index (κ2) is 6.36. The number of hydrogen-bond donors (Lipinski definition) is 1. The molecule has 2 aromatic heterocycles. The van der Waals surface area contributed by atoms with Crippen LogP contribution in [0.4, 0.5) is 18.9 Å². The van der Waals surface area contributed by atoms with Gasteiger partial charge in [0.25, 0.3) is 5.91 Å². The molecule has 26 heavy (non-hydrogen) atoms. The highest BCUT2D eigenvalue weighted by atomic mass is 19.4. The number of carbonyl (C=O) groups is 1. The summed E-state index contributed by atoms with van der Waals surface area (Å²) in [5.74, 6) is -0.437. The lowest BCUT2D eigenvalue weighted by Gasteiger charge is -2.18. The quantitative estimate of drug-likeness (QED) is 0.768. The van der Waals surface area contributed by atoms with Gasteiger partial charge in [0.05, 0.1) is 11.3 Å².